The summed E-state index contributed by atoms with van der Waals surface area (Å²) in [6.07, 6.45) is 1.84. The Morgan fingerprint density at radius 1 is 1.33 bits per heavy atom. The number of anilines is 1. The molecule has 0 saturated carbocycles. The van der Waals surface area contributed by atoms with E-state index in [-0.39, 0.29) is 5.91 Å². The van der Waals surface area contributed by atoms with Gasteiger partial charge in [0.2, 0.25) is 0 Å². The van der Waals surface area contributed by atoms with Gasteiger partial charge in [-0.1, -0.05) is 19.9 Å². The van der Waals surface area contributed by atoms with Crippen LogP contribution in [-0.4, -0.2) is 20.3 Å². The Morgan fingerprint density at radius 2 is 2.14 bits per heavy atom. The van der Waals surface area contributed by atoms with E-state index in [4.69, 9.17) is 0 Å². The summed E-state index contributed by atoms with van der Waals surface area (Å²) in [5, 5.41) is 5.45. The van der Waals surface area contributed by atoms with E-state index < -0.39 is 0 Å². The third-order valence-corrected chi connectivity index (χ3v) is 4.03. The first kappa shape index (κ1) is 13.8. The summed E-state index contributed by atoms with van der Waals surface area (Å²) in [6.45, 7) is 5.99. The van der Waals surface area contributed by atoms with Crippen LogP contribution in [0.4, 0.5) is 5.13 Å². The highest BCUT2D eigenvalue weighted by atomic mass is 32.1. The van der Waals surface area contributed by atoms with Gasteiger partial charge < -0.3 is 0 Å². The molecule has 0 aromatic carbocycles. The molecule has 0 spiro atoms. The minimum Gasteiger partial charge on any atom is -0.296 e. The Balaban J connectivity index is 1.91. The van der Waals surface area contributed by atoms with Crippen molar-refractivity contribution in [2.24, 2.45) is 0 Å². The monoisotopic (exact) mass is 300 g/mol. The van der Waals surface area contributed by atoms with E-state index in [0.29, 0.717) is 22.4 Å². The third-order valence-electron chi connectivity index (χ3n) is 3.25. The van der Waals surface area contributed by atoms with Crippen molar-refractivity contribution in [3.63, 3.8) is 0 Å². The van der Waals surface area contributed by atoms with Crippen molar-refractivity contribution in [1.29, 1.82) is 0 Å². The van der Waals surface area contributed by atoms with Crippen LogP contribution in [0.1, 0.15) is 41.6 Å². The maximum absolute atomic E-state index is 12.5. The molecule has 0 atom stereocenters. The van der Waals surface area contributed by atoms with Gasteiger partial charge in [0.05, 0.1) is 11.4 Å². The van der Waals surface area contributed by atoms with Crippen molar-refractivity contribution in [3.05, 3.63) is 46.9 Å². The van der Waals surface area contributed by atoms with Crippen LogP contribution in [0.3, 0.4) is 0 Å². The number of pyridine rings is 1. The molecule has 1 amide bonds. The lowest BCUT2D eigenvalue weighted by atomic mass is 10.2. The first-order valence-electron chi connectivity index (χ1n) is 6.76. The molecule has 6 heteroatoms. The largest absolute Gasteiger partial charge is 0.296 e. The van der Waals surface area contributed by atoms with E-state index in [1.807, 2.05) is 36.7 Å². The van der Waals surface area contributed by atoms with Crippen molar-refractivity contribution < 1.29 is 4.79 Å². The fourth-order valence-electron chi connectivity index (χ4n) is 2.15. The van der Waals surface area contributed by atoms with Crippen LogP contribution in [-0.2, 0) is 0 Å². The second-order valence-corrected chi connectivity index (χ2v) is 6.02. The molecular weight excluding hydrogens is 284 g/mol. The molecule has 3 aromatic rings. The second kappa shape index (κ2) is 5.29. The van der Waals surface area contributed by atoms with Gasteiger partial charge in [0.1, 0.15) is 11.3 Å². The van der Waals surface area contributed by atoms with Gasteiger partial charge >= 0.3 is 0 Å². The Morgan fingerprint density at radius 3 is 2.86 bits per heavy atom. The first-order valence-corrected chi connectivity index (χ1v) is 7.64. The number of aromatic nitrogens is 3. The van der Waals surface area contributed by atoms with Crippen LogP contribution >= 0.6 is 11.3 Å². The highest BCUT2D eigenvalue weighted by Gasteiger charge is 2.17. The van der Waals surface area contributed by atoms with E-state index in [1.165, 1.54) is 11.3 Å². The van der Waals surface area contributed by atoms with Crippen molar-refractivity contribution in [2.75, 3.05) is 5.32 Å². The maximum Gasteiger partial charge on any atom is 0.276 e. The fraction of sp³-hybridized carbons (Fsp3) is 0.267. The molecule has 0 aliphatic carbocycles. The Labute approximate surface area is 126 Å². The van der Waals surface area contributed by atoms with Gasteiger partial charge in [-0.25, -0.2) is 9.97 Å². The molecule has 0 aliphatic heterocycles. The number of imidazole rings is 1. The van der Waals surface area contributed by atoms with Crippen LogP contribution in [0.25, 0.3) is 5.65 Å². The van der Waals surface area contributed by atoms with Gasteiger partial charge in [-0.2, -0.15) is 0 Å². The summed E-state index contributed by atoms with van der Waals surface area (Å²) in [5.41, 5.74) is 3.01. The van der Waals surface area contributed by atoms with Crippen molar-refractivity contribution >= 4 is 28.0 Å². The first-order chi connectivity index (χ1) is 10.1. The smallest absolute Gasteiger partial charge is 0.276 e. The number of hydrogen-bond acceptors (Lipinski definition) is 4. The predicted octanol–water partition coefficient (Wildman–Crippen LogP) is 3.47. The molecule has 0 fully saturated rings. The van der Waals surface area contributed by atoms with Gasteiger partial charge in [-0.3, -0.25) is 14.5 Å². The molecule has 3 aromatic heterocycles. The number of fused-ring (bicyclic) bond motifs is 1. The number of carbonyl (C=O) groups excluding carboxylic acids is 1. The summed E-state index contributed by atoms with van der Waals surface area (Å²) in [4.78, 5) is 21.3. The van der Waals surface area contributed by atoms with Crippen molar-refractivity contribution in [3.8, 4) is 0 Å². The van der Waals surface area contributed by atoms with E-state index in [9.17, 15) is 4.79 Å². The van der Waals surface area contributed by atoms with Crippen molar-refractivity contribution in [2.45, 2.75) is 26.7 Å². The van der Waals surface area contributed by atoms with E-state index in [2.05, 4.69) is 29.1 Å². The van der Waals surface area contributed by atoms with E-state index >= 15 is 0 Å². The number of thiazole rings is 1. The molecular formula is C15H16N4OS. The SMILES string of the molecule is Cc1nc2ccccn2c1C(=O)Nc1nc(C(C)C)cs1. The zero-order valence-corrected chi connectivity index (χ0v) is 12.9. The topological polar surface area (TPSA) is 59.3 Å². The molecule has 21 heavy (non-hydrogen) atoms. The molecule has 1 N–H and O–H groups in total. The molecule has 0 unspecified atom stereocenters. The van der Waals surface area contributed by atoms with Crippen LogP contribution in [0.2, 0.25) is 0 Å². The Kier molecular flexibility index (Phi) is 3.47. The van der Waals surface area contributed by atoms with Crippen molar-refractivity contribution in [1.82, 2.24) is 14.4 Å². The molecule has 0 saturated heterocycles. The van der Waals surface area contributed by atoms with Crippen LogP contribution in [0.5, 0.6) is 0 Å². The number of carbonyl (C=O) groups is 1. The second-order valence-electron chi connectivity index (χ2n) is 5.16. The summed E-state index contributed by atoms with van der Waals surface area (Å²) < 4.78 is 1.79. The van der Waals surface area contributed by atoms with Crippen LogP contribution in [0, 0.1) is 6.92 Å². The van der Waals surface area contributed by atoms with Crippen LogP contribution in [0.15, 0.2) is 29.8 Å². The van der Waals surface area contributed by atoms with Gasteiger partial charge in [-0.05, 0) is 25.0 Å². The lowest BCUT2D eigenvalue weighted by Crippen LogP contribution is -2.15. The van der Waals surface area contributed by atoms with E-state index in [1.54, 1.807) is 4.40 Å². The number of aryl methyl sites for hydroxylation is 1. The quantitative estimate of drug-likeness (QED) is 0.805. The number of nitrogens with zero attached hydrogens (tertiary/aromatic N) is 3. The minimum atomic E-state index is -0.184. The number of rotatable bonds is 3. The van der Waals surface area contributed by atoms with E-state index in [0.717, 1.165) is 11.3 Å². The third kappa shape index (κ3) is 2.54. The summed E-state index contributed by atoms with van der Waals surface area (Å²) >= 11 is 1.44. The zero-order valence-electron chi connectivity index (χ0n) is 12.1. The maximum atomic E-state index is 12.5. The predicted molar refractivity (Wildman–Crippen MR) is 84.1 cm³/mol. The van der Waals surface area contributed by atoms with Gasteiger partial charge in [0.25, 0.3) is 5.91 Å². The average molecular weight is 300 g/mol. The standard InChI is InChI=1S/C15H16N4OS/c1-9(2)11-8-21-15(17-11)18-14(20)13-10(3)16-12-6-4-5-7-19(12)13/h4-9H,1-3H3,(H,17,18,20). The normalized spacial score (nSPS) is 11.2. The summed E-state index contributed by atoms with van der Waals surface area (Å²) in [6, 6.07) is 5.66. The zero-order chi connectivity index (χ0) is 15.0. The summed E-state index contributed by atoms with van der Waals surface area (Å²) in [7, 11) is 0. The van der Waals surface area contributed by atoms with Crippen LogP contribution < -0.4 is 5.32 Å². The summed E-state index contributed by atoms with van der Waals surface area (Å²) in [5.74, 6) is 0.167. The lowest BCUT2D eigenvalue weighted by molar-refractivity contribution is 0.102. The number of hydrogen-bond donors (Lipinski definition) is 1. The van der Waals surface area contributed by atoms with Gasteiger partial charge in [0, 0.05) is 11.6 Å². The number of amides is 1. The highest BCUT2D eigenvalue weighted by molar-refractivity contribution is 7.14. The highest BCUT2D eigenvalue weighted by Crippen LogP contribution is 2.22. The molecule has 0 radical (unpaired) electrons. The molecule has 5 nitrogen and oxygen atoms in total. The minimum absolute atomic E-state index is 0.184. The fourth-order valence-corrected chi connectivity index (χ4v) is 3.02. The van der Waals surface area contributed by atoms with Gasteiger partial charge in [-0.15, -0.1) is 11.3 Å². The molecule has 3 heterocycles. The number of nitrogens with one attached hydrogen (secondary N) is 1. The molecule has 0 aliphatic rings. The molecule has 3 rings (SSSR count). The Bertz CT molecular complexity index is 803. The Hall–Kier alpha value is -2.21. The molecule has 108 valence electrons. The molecule has 0 bridgehead atoms. The lowest BCUT2D eigenvalue weighted by Gasteiger charge is -2.03. The average Bonchev–Trinajstić information content (AvgIpc) is 3.01. The van der Waals surface area contributed by atoms with Gasteiger partial charge in [0.15, 0.2) is 5.13 Å².